The van der Waals surface area contributed by atoms with Crippen molar-refractivity contribution in [3.63, 3.8) is 0 Å². The minimum Gasteiger partial charge on any atom is -0.398 e. The summed E-state index contributed by atoms with van der Waals surface area (Å²) in [5.41, 5.74) is 14.0. The van der Waals surface area contributed by atoms with Gasteiger partial charge in [-0.25, -0.2) is 0 Å². The Labute approximate surface area is 136 Å². The topological polar surface area (TPSA) is 64.9 Å². The van der Waals surface area contributed by atoms with Crippen LogP contribution in [0, 0.1) is 13.8 Å². The maximum absolute atomic E-state index is 6.30. The molecular weight excluding hydrogens is 286 g/mol. The zero-order valence-corrected chi connectivity index (χ0v) is 13.6. The van der Waals surface area contributed by atoms with Crippen LogP contribution in [0.15, 0.2) is 28.9 Å². The van der Waals surface area contributed by atoms with Gasteiger partial charge in [-0.3, -0.25) is 4.98 Å². The van der Waals surface area contributed by atoms with E-state index in [2.05, 4.69) is 22.3 Å². The van der Waals surface area contributed by atoms with Crippen LogP contribution >= 0.6 is 0 Å². The van der Waals surface area contributed by atoms with Crippen molar-refractivity contribution in [2.24, 2.45) is 0 Å². The summed E-state index contributed by atoms with van der Waals surface area (Å²) in [6.45, 7) is 3.97. The molecule has 2 aliphatic carbocycles. The van der Waals surface area contributed by atoms with Crippen LogP contribution in [-0.4, -0.2) is 10.1 Å². The number of hydrogen-bond acceptors (Lipinski definition) is 4. The number of aryl methyl sites for hydroxylation is 2. The minimum atomic E-state index is 0.576. The third kappa shape index (κ3) is 2.48. The first-order valence-corrected chi connectivity index (χ1v) is 8.24. The van der Waals surface area contributed by atoms with E-state index < -0.39 is 0 Å². The van der Waals surface area contributed by atoms with Gasteiger partial charge in [-0.2, -0.15) is 0 Å². The summed E-state index contributed by atoms with van der Waals surface area (Å²) in [7, 11) is 0. The summed E-state index contributed by atoms with van der Waals surface area (Å²) < 4.78 is 5.34. The van der Waals surface area contributed by atoms with Crippen molar-refractivity contribution in [2.75, 3.05) is 5.73 Å². The number of nitrogens with zero attached hydrogens (tertiary/aromatic N) is 2. The number of allylic oxidation sites excluding steroid dienone is 4. The summed E-state index contributed by atoms with van der Waals surface area (Å²) >= 11 is 0. The van der Waals surface area contributed by atoms with Crippen LogP contribution in [0.3, 0.4) is 0 Å². The number of pyridine rings is 1. The number of nitrogen functional groups attached to an aromatic ring is 1. The molecule has 23 heavy (non-hydrogen) atoms. The van der Waals surface area contributed by atoms with Crippen LogP contribution in [-0.2, 0) is 0 Å². The van der Waals surface area contributed by atoms with Crippen molar-refractivity contribution in [1.29, 1.82) is 0 Å². The van der Waals surface area contributed by atoms with E-state index in [0.29, 0.717) is 5.92 Å². The van der Waals surface area contributed by atoms with Gasteiger partial charge in [0.25, 0.3) is 0 Å². The van der Waals surface area contributed by atoms with E-state index in [1.807, 2.05) is 26.1 Å². The molecule has 2 heterocycles. The molecule has 4 nitrogen and oxygen atoms in total. The smallest absolute Gasteiger partial charge is 0.141 e. The van der Waals surface area contributed by atoms with Crippen molar-refractivity contribution in [1.82, 2.24) is 10.1 Å². The van der Waals surface area contributed by atoms with Crippen molar-refractivity contribution < 1.29 is 4.52 Å². The molecule has 0 radical (unpaired) electrons. The molecule has 4 rings (SSSR count). The number of aromatic nitrogens is 2. The molecule has 0 saturated heterocycles. The molecule has 0 unspecified atom stereocenters. The van der Waals surface area contributed by atoms with Crippen molar-refractivity contribution in [2.45, 2.75) is 45.4 Å². The van der Waals surface area contributed by atoms with Gasteiger partial charge in [0.2, 0.25) is 0 Å². The zero-order chi connectivity index (χ0) is 16.0. The van der Waals surface area contributed by atoms with Gasteiger partial charge in [-0.05, 0) is 56.7 Å². The Hall–Kier alpha value is -2.36. The van der Waals surface area contributed by atoms with E-state index >= 15 is 0 Å². The number of anilines is 1. The third-order valence-corrected chi connectivity index (χ3v) is 4.73. The highest BCUT2D eigenvalue weighted by molar-refractivity contribution is 5.90. The molecule has 2 N–H and O–H groups in total. The monoisotopic (exact) mass is 307 g/mol. The molecule has 2 aliphatic rings. The van der Waals surface area contributed by atoms with E-state index in [-0.39, 0.29) is 0 Å². The Kier molecular flexibility index (Phi) is 3.33. The number of nitrogens with two attached hydrogens (primary N) is 1. The molecule has 0 spiro atoms. The van der Waals surface area contributed by atoms with E-state index in [1.54, 1.807) is 0 Å². The molecule has 0 aliphatic heterocycles. The number of hydrogen-bond donors (Lipinski definition) is 1. The Bertz CT molecular complexity index is 806. The zero-order valence-electron chi connectivity index (χ0n) is 13.6. The molecule has 4 heteroatoms. The second-order valence-electron chi connectivity index (χ2n) is 6.50. The van der Waals surface area contributed by atoms with Crippen molar-refractivity contribution >= 4 is 16.8 Å². The maximum atomic E-state index is 6.30. The summed E-state index contributed by atoms with van der Waals surface area (Å²) in [5, 5.41) is 4.09. The molecule has 118 valence electrons. The Morgan fingerprint density at radius 2 is 2.04 bits per heavy atom. The lowest BCUT2D eigenvalue weighted by Crippen LogP contribution is -2.03. The highest BCUT2D eigenvalue weighted by atomic mass is 16.5. The second-order valence-corrected chi connectivity index (χ2v) is 6.50. The first kappa shape index (κ1) is 14.2. The van der Waals surface area contributed by atoms with Gasteiger partial charge in [-0.1, -0.05) is 17.3 Å². The number of rotatable bonds is 3. The fraction of sp³-hybridized carbons (Fsp3) is 0.368. The molecule has 0 bridgehead atoms. The molecule has 1 saturated carbocycles. The Morgan fingerprint density at radius 3 is 2.74 bits per heavy atom. The van der Waals surface area contributed by atoms with Gasteiger partial charge in [0.15, 0.2) is 0 Å². The van der Waals surface area contributed by atoms with Gasteiger partial charge in [0.1, 0.15) is 5.76 Å². The van der Waals surface area contributed by atoms with Gasteiger partial charge in [-0.15, -0.1) is 0 Å². The molecule has 0 amide bonds. The summed E-state index contributed by atoms with van der Waals surface area (Å²) in [5.74, 6) is 1.46. The van der Waals surface area contributed by atoms with Gasteiger partial charge >= 0.3 is 0 Å². The molecule has 0 atom stereocenters. The summed E-state index contributed by atoms with van der Waals surface area (Å²) in [4.78, 5) is 4.62. The molecular formula is C19H21N3O. The van der Waals surface area contributed by atoms with Crippen LogP contribution in [0.5, 0.6) is 0 Å². The van der Waals surface area contributed by atoms with Crippen molar-refractivity contribution in [3.8, 4) is 0 Å². The normalized spacial score (nSPS) is 17.8. The van der Waals surface area contributed by atoms with Crippen LogP contribution < -0.4 is 5.73 Å². The molecule has 2 aromatic heterocycles. The third-order valence-electron chi connectivity index (χ3n) is 4.73. The lowest BCUT2D eigenvalue weighted by Gasteiger charge is -2.18. The largest absolute Gasteiger partial charge is 0.398 e. The van der Waals surface area contributed by atoms with Crippen LogP contribution in [0.25, 0.3) is 11.1 Å². The second kappa shape index (κ2) is 5.37. The lowest BCUT2D eigenvalue weighted by molar-refractivity contribution is 0.393. The molecule has 1 fully saturated rings. The van der Waals surface area contributed by atoms with E-state index in [9.17, 15) is 0 Å². The first-order valence-electron chi connectivity index (χ1n) is 8.24. The van der Waals surface area contributed by atoms with Crippen LogP contribution in [0.2, 0.25) is 0 Å². The van der Waals surface area contributed by atoms with Gasteiger partial charge < -0.3 is 10.3 Å². The van der Waals surface area contributed by atoms with E-state index in [1.165, 1.54) is 24.0 Å². The van der Waals surface area contributed by atoms with E-state index in [4.69, 9.17) is 10.3 Å². The average molecular weight is 307 g/mol. The first-order chi connectivity index (χ1) is 11.1. The summed E-state index contributed by atoms with van der Waals surface area (Å²) in [6.07, 6.45) is 10.8. The lowest BCUT2D eigenvalue weighted by atomic mass is 9.88. The SMILES string of the molecule is Cc1noc(C)c1C1=CC(c2c(N)ccnc2C2CC2)=CCC1. The predicted molar refractivity (Wildman–Crippen MR) is 91.8 cm³/mol. The fourth-order valence-electron chi connectivity index (χ4n) is 3.49. The van der Waals surface area contributed by atoms with E-state index in [0.717, 1.165) is 46.8 Å². The van der Waals surface area contributed by atoms with Crippen LogP contribution in [0.1, 0.15) is 59.9 Å². The Morgan fingerprint density at radius 1 is 1.22 bits per heavy atom. The van der Waals surface area contributed by atoms with Gasteiger partial charge in [0.05, 0.1) is 11.4 Å². The highest BCUT2D eigenvalue weighted by Crippen LogP contribution is 2.45. The Balaban J connectivity index is 1.80. The quantitative estimate of drug-likeness (QED) is 0.912. The summed E-state index contributed by atoms with van der Waals surface area (Å²) in [6, 6.07) is 1.90. The minimum absolute atomic E-state index is 0.576. The maximum Gasteiger partial charge on any atom is 0.141 e. The molecule has 0 aromatic carbocycles. The fourth-order valence-corrected chi connectivity index (χ4v) is 3.49. The van der Waals surface area contributed by atoms with Gasteiger partial charge in [0, 0.05) is 28.9 Å². The standard InChI is InChI=1S/C19H21N3O/c1-11-17(12(2)23-22-11)14-4-3-5-15(10-14)18-16(20)8-9-21-19(18)13-6-7-13/h5,8-10,13H,3-4,6-7H2,1-2H3,(H2,20,21). The highest BCUT2D eigenvalue weighted by Gasteiger charge is 2.29. The average Bonchev–Trinajstić information content (AvgIpc) is 3.33. The van der Waals surface area contributed by atoms with Crippen molar-refractivity contribution in [3.05, 3.63) is 52.7 Å². The predicted octanol–water partition coefficient (Wildman–Crippen LogP) is 4.41. The van der Waals surface area contributed by atoms with Crippen LogP contribution in [0.4, 0.5) is 5.69 Å². The molecule has 2 aromatic rings.